The summed E-state index contributed by atoms with van der Waals surface area (Å²) >= 11 is 5.96. The minimum atomic E-state index is -0.825. The molecule has 2 aromatic rings. The summed E-state index contributed by atoms with van der Waals surface area (Å²) in [7, 11) is 0. The van der Waals surface area contributed by atoms with Gasteiger partial charge >= 0.3 is 5.69 Å². The largest absolute Gasteiger partial charge is 0.480 e. The van der Waals surface area contributed by atoms with E-state index in [9.17, 15) is 14.5 Å². The van der Waals surface area contributed by atoms with Gasteiger partial charge in [0.05, 0.1) is 16.6 Å². The van der Waals surface area contributed by atoms with Crippen molar-refractivity contribution in [2.24, 2.45) is 0 Å². The third-order valence-corrected chi connectivity index (χ3v) is 3.05. The zero-order valence-electron chi connectivity index (χ0n) is 10.5. The molecule has 0 N–H and O–H groups in total. The van der Waals surface area contributed by atoms with Crippen LogP contribution in [-0.2, 0) is 6.61 Å². The van der Waals surface area contributed by atoms with E-state index in [4.69, 9.17) is 21.6 Å². The van der Waals surface area contributed by atoms with E-state index in [0.717, 1.165) is 12.1 Å². The first-order valence-corrected chi connectivity index (χ1v) is 6.15. The molecule has 0 saturated carbocycles. The lowest BCUT2D eigenvalue weighted by Crippen LogP contribution is -2.02. The number of nitriles is 1. The molecule has 2 rings (SSSR count). The van der Waals surface area contributed by atoms with Crippen molar-refractivity contribution in [2.75, 3.05) is 0 Å². The summed E-state index contributed by atoms with van der Waals surface area (Å²) in [5.41, 5.74) is 0.411. The van der Waals surface area contributed by atoms with Crippen LogP contribution in [-0.4, -0.2) is 4.92 Å². The number of halogens is 2. The van der Waals surface area contributed by atoms with Gasteiger partial charge in [-0.2, -0.15) is 5.26 Å². The lowest BCUT2D eigenvalue weighted by Gasteiger charge is -2.09. The molecule has 0 aliphatic heterocycles. The Kier molecular flexibility index (Phi) is 4.36. The molecule has 0 saturated heterocycles. The van der Waals surface area contributed by atoms with Crippen LogP contribution in [0.2, 0.25) is 5.02 Å². The first kappa shape index (κ1) is 14.8. The highest BCUT2D eigenvalue weighted by molar-refractivity contribution is 6.31. The quantitative estimate of drug-likeness (QED) is 0.635. The Morgan fingerprint density at radius 1 is 1.38 bits per heavy atom. The second-order valence-electron chi connectivity index (χ2n) is 4.05. The molecule has 0 unspecified atom stereocenters. The third kappa shape index (κ3) is 3.27. The molecule has 0 atom stereocenters. The molecule has 21 heavy (non-hydrogen) atoms. The molecule has 0 fully saturated rings. The molecule has 0 aliphatic rings. The van der Waals surface area contributed by atoms with Gasteiger partial charge in [-0.05, 0) is 18.2 Å². The second-order valence-corrected chi connectivity index (χ2v) is 4.46. The summed E-state index contributed by atoms with van der Waals surface area (Å²) in [6.45, 7) is -0.147. The van der Waals surface area contributed by atoms with Gasteiger partial charge in [0.2, 0.25) is 5.75 Å². The van der Waals surface area contributed by atoms with Crippen molar-refractivity contribution in [3.8, 4) is 11.8 Å². The van der Waals surface area contributed by atoms with Gasteiger partial charge in [0.25, 0.3) is 0 Å². The maximum absolute atomic E-state index is 13.6. The Morgan fingerprint density at radius 3 is 2.76 bits per heavy atom. The van der Waals surface area contributed by atoms with E-state index in [1.807, 2.05) is 6.07 Å². The van der Waals surface area contributed by atoms with Gasteiger partial charge in [0.1, 0.15) is 6.61 Å². The average Bonchev–Trinajstić information content (AvgIpc) is 2.46. The van der Waals surface area contributed by atoms with E-state index in [-0.39, 0.29) is 11.6 Å². The highest BCUT2D eigenvalue weighted by Crippen LogP contribution is 2.31. The lowest BCUT2D eigenvalue weighted by atomic mass is 10.1. The number of nitro groups is 1. The van der Waals surface area contributed by atoms with Gasteiger partial charge in [-0.1, -0.05) is 23.7 Å². The van der Waals surface area contributed by atoms with Crippen LogP contribution in [0.25, 0.3) is 0 Å². The predicted octanol–water partition coefficient (Wildman–Crippen LogP) is 3.84. The Hall–Kier alpha value is -2.65. The molecule has 106 valence electrons. The van der Waals surface area contributed by atoms with Gasteiger partial charge in [-0.15, -0.1) is 0 Å². The number of benzene rings is 2. The number of rotatable bonds is 4. The summed E-state index contributed by atoms with van der Waals surface area (Å²) in [6.07, 6.45) is 0. The fourth-order valence-electron chi connectivity index (χ4n) is 1.67. The first-order valence-electron chi connectivity index (χ1n) is 5.77. The van der Waals surface area contributed by atoms with E-state index < -0.39 is 22.2 Å². The number of hydrogen-bond acceptors (Lipinski definition) is 4. The van der Waals surface area contributed by atoms with Crippen molar-refractivity contribution >= 4 is 17.3 Å². The van der Waals surface area contributed by atoms with Crippen molar-refractivity contribution in [1.82, 2.24) is 0 Å². The Balaban J connectivity index is 2.25. The minimum absolute atomic E-state index is 0.147. The molecule has 7 heteroatoms. The van der Waals surface area contributed by atoms with Gasteiger partial charge in [-0.25, -0.2) is 4.39 Å². The highest BCUT2D eigenvalue weighted by atomic mass is 35.5. The molecule has 0 spiro atoms. The summed E-state index contributed by atoms with van der Waals surface area (Å²) in [5.74, 6) is -1.27. The molecule has 0 bridgehead atoms. The molecule has 0 heterocycles. The molecular weight excluding hydrogens is 299 g/mol. The number of nitrogens with zero attached hydrogens (tertiary/aromatic N) is 2. The Morgan fingerprint density at radius 2 is 2.14 bits per heavy atom. The standard InChI is InChI=1S/C14H8ClFN2O3/c15-11-6-9(7-17)4-5-10(11)8-21-14-12(16)2-1-3-13(14)18(19)20/h1-6H,8H2. The summed E-state index contributed by atoms with van der Waals surface area (Å²) < 4.78 is 18.8. The van der Waals surface area contributed by atoms with Crippen LogP contribution >= 0.6 is 11.6 Å². The fourth-order valence-corrected chi connectivity index (χ4v) is 1.90. The maximum atomic E-state index is 13.6. The minimum Gasteiger partial charge on any atom is -0.480 e. The van der Waals surface area contributed by atoms with Crippen LogP contribution < -0.4 is 4.74 Å². The maximum Gasteiger partial charge on any atom is 0.314 e. The van der Waals surface area contributed by atoms with E-state index >= 15 is 0 Å². The third-order valence-electron chi connectivity index (χ3n) is 2.70. The smallest absolute Gasteiger partial charge is 0.314 e. The van der Waals surface area contributed by atoms with Crippen molar-refractivity contribution in [3.05, 3.63) is 68.5 Å². The first-order chi connectivity index (χ1) is 10.0. The van der Waals surface area contributed by atoms with Crippen LogP contribution in [0.3, 0.4) is 0 Å². The van der Waals surface area contributed by atoms with Crippen molar-refractivity contribution in [3.63, 3.8) is 0 Å². The Labute approximate surface area is 124 Å². The fraction of sp³-hybridized carbons (Fsp3) is 0.0714. The van der Waals surface area contributed by atoms with Gasteiger partial charge in [0, 0.05) is 16.7 Å². The number of nitro benzene ring substituents is 1. The van der Waals surface area contributed by atoms with Crippen LogP contribution in [0.15, 0.2) is 36.4 Å². The monoisotopic (exact) mass is 306 g/mol. The van der Waals surface area contributed by atoms with Crippen molar-refractivity contribution in [1.29, 1.82) is 5.26 Å². The average molecular weight is 307 g/mol. The number of para-hydroxylation sites is 1. The van der Waals surface area contributed by atoms with Gasteiger partial charge in [0.15, 0.2) is 5.82 Å². The van der Waals surface area contributed by atoms with E-state index in [1.165, 1.54) is 18.2 Å². The number of hydrogen-bond donors (Lipinski definition) is 0. The van der Waals surface area contributed by atoms with Crippen LogP contribution in [0.4, 0.5) is 10.1 Å². The van der Waals surface area contributed by atoms with E-state index in [0.29, 0.717) is 11.1 Å². The van der Waals surface area contributed by atoms with Gasteiger partial charge in [-0.3, -0.25) is 10.1 Å². The molecular formula is C14H8ClFN2O3. The molecule has 0 aliphatic carbocycles. The highest BCUT2D eigenvalue weighted by Gasteiger charge is 2.19. The summed E-state index contributed by atoms with van der Waals surface area (Å²) in [4.78, 5) is 10.1. The normalized spacial score (nSPS) is 9.95. The Bertz CT molecular complexity index is 743. The molecule has 0 radical (unpaired) electrons. The second kappa shape index (κ2) is 6.20. The van der Waals surface area contributed by atoms with Gasteiger partial charge < -0.3 is 4.74 Å². The lowest BCUT2D eigenvalue weighted by molar-refractivity contribution is -0.386. The number of ether oxygens (including phenoxy) is 1. The SMILES string of the molecule is N#Cc1ccc(COc2c(F)cccc2[N+](=O)[O-])c(Cl)c1. The van der Waals surface area contributed by atoms with Crippen LogP contribution in [0, 0.1) is 27.3 Å². The van der Waals surface area contributed by atoms with Crippen molar-refractivity contribution < 1.29 is 14.1 Å². The van der Waals surface area contributed by atoms with E-state index in [2.05, 4.69) is 0 Å². The topological polar surface area (TPSA) is 76.2 Å². The summed E-state index contributed by atoms with van der Waals surface area (Å²) in [6, 6.07) is 9.90. The van der Waals surface area contributed by atoms with Crippen LogP contribution in [0.5, 0.6) is 5.75 Å². The zero-order chi connectivity index (χ0) is 15.4. The molecule has 0 amide bonds. The molecule has 5 nitrogen and oxygen atoms in total. The van der Waals surface area contributed by atoms with E-state index in [1.54, 1.807) is 6.07 Å². The molecule has 0 aromatic heterocycles. The molecule has 2 aromatic carbocycles. The van der Waals surface area contributed by atoms with Crippen LogP contribution in [0.1, 0.15) is 11.1 Å². The zero-order valence-corrected chi connectivity index (χ0v) is 11.3. The summed E-state index contributed by atoms with van der Waals surface area (Å²) in [5, 5.41) is 19.8. The van der Waals surface area contributed by atoms with Crippen molar-refractivity contribution in [2.45, 2.75) is 6.61 Å². The predicted molar refractivity (Wildman–Crippen MR) is 73.6 cm³/mol.